The van der Waals surface area contributed by atoms with Gasteiger partial charge in [-0.3, -0.25) is 14.7 Å². The molecule has 14 bridgehead atoms. The molecule has 21 rings (SSSR count). The maximum Gasteiger partial charge on any atom is 4.00 e. The van der Waals surface area contributed by atoms with Crippen LogP contribution >= 0.6 is 0 Å². The van der Waals surface area contributed by atoms with Gasteiger partial charge in [-0.25, -0.2) is 0 Å². The van der Waals surface area contributed by atoms with E-state index in [-0.39, 0.29) is 115 Å². The molecule has 12 saturated carbocycles. The van der Waals surface area contributed by atoms with Crippen molar-refractivity contribution in [1.82, 2.24) is 14.7 Å². The molecule has 0 spiro atoms. The quantitative estimate of drug-likeness (QED) is 0.155. The second kappa shape index (κ2) is 48.7. The molecule has 3 aromatic rings. The van der Waals surface area contributed by atoms with Gasteiger partial charge in [0.05, 0.1) is 79.3 Å². The van der Waals surface area contributed by atoms with Gasteiger partial charge in [0, 0.05) is 58.9 Å². The van der Waals surface area contributed by atoms with Gasteiger partial charge < -0.3 is 64.2 Å². The molecule has 18 heteroatoms. The number of benzene rings is 3. The van der Waals surface area contributed by atoms with Crippen LogP contribution in [0.1, 0.15) is 294 Å². The van der Waals surface area contributed by atoms with Crippen LogP contribution in [-0.2, 0) is 80.5 Å². The van der Waals surface area contributed by atoms with Crippen molar-refractivity contribution in [3.8, 4) is 17.2 Å². The predicted molar refractivity (Wildman–Crippen MR) is 496 cm³/mol. The fourth-order valence-electron chi connectivity index (χ4n) is 25.4. The summed E-state index contributed by atoms with van der Waals surface area (Å²) in [7, 11) is 0. The van der Waals surface area contributed by atoms with E-state index in [9.17, 15) is 0 Å². The Labute approximate surface area is 824 Å². The fraction of sp³-hybridized carbons (Fsp3) is 0.738. The number of nitrogens with one attached hydrogen (secondary N) is 2. The van der Waals surface area contributed by atoms with Crippen molar-refractivity contribution in [3.63, 3.8) is 0 Å². The second-order valence-electron chi connectivity index (χ2n) is 44.0. The van der Waals surface area contributed by atoms with Crippen LogP contribution in [0.25, 0.3) is 10.6 Å². The van der Waals surface area contributed by atoms with Crippen molar-refractivity contribution < 1.29 is 136 Å². The van der Waals surface area contributed by atoms with Crippen LogP contribution in [0.15, 0.2) is 96.6 Å². The normalized spacial score (nSPS) is 31.5. The molecular formula is C107H166KN7O9U+2. The molecule has 3 aromatic carbocycles. The average molecular weight is 1970 g/mol. The van der Waals surface area contributed by atoms with E-state index in [0.717, 1.165) is 216 Å². The molecule has 686 valence electrons. The first-order valence-corrected chi connectivity index (χ1v) is 49.9. The maximum absolute atomic E-state index is 15.4. The zero-order chi connectivity index (χ0) is 86.8. The van der Waals surface area contributed by atoms with Crippen molar-refractivity contribution in [2.45, 2.75) is 296 Å². The van der Waals surface area contributed by atoms with E-state index < -0.39 is 0 Å². The van der Waals surface area contributed by atoms with E-state index in [4.69, 9.17) is 28.4 Å². The predicted octanol–water partition coefficient (Wildman–Crippen LogP) is 14.4. The fourth-order valence-corrected chi connectivity index (χ4v) is 25.4. The summed E-state index contributed by atoms with van der Waals surface area (Å²) in [5.41, 5.74) is 12.0. The smallest absolute Gasteiger partial charge is 0.872 e. The van der Waals surface area contributed by atoms with Gasteiger partial charge in [-0.05, 0) is 251 Å². The third-order valence-corrected chi connectivity index (χ3v) is 31.0. The number of rotatable bonds is 13. The van der Waals surface area contributed by atoms with E-state index >= 15 is 15.3 Å². The van der Waals surface area contributed by atoms with E-state index in [2.05, 4.69) is 152 Å². The molecule has 0 amide bonds. The van der Waals surface area contributed by atoms with Crippen LogP contribution in [-0.4, -0.2) is 173 Å². The Morgan fingerprint density at radius 2 is 0.552 bits per heavy atom. The van der Waals surface area contributed by atoms with Gasteiger partial charge in [0.25, 0.3) is 0 Å². The molecule has 12 aliphatic carbocycles. The first-order valence-electron chi connectivity index (χ1n) is 49.9. The monoisotopic (exact) mass is 1970 g/mol. The summed E-state index contributed by atoms with van der Waals surface area (Å²) in [5, 5.41) is 54.5. The van der Waals surface area contributed by atoms with Crippen molar-refractivity contribution in [1.29, 1.82) is 0 Å². The van der Waals surface area contributed by atoms with Gasteiger partial charge in [-0.1, -0.05) is 201 Å². The van der Waals surface area contributed by atoms with Crippen LogP contribution in [0, 0.1) is 84.4 Å². The van der Waals surface area contributed by atoms with E-state index in [1.807, 2.05) is 36.5 Å². The minimum atomic E-state index is -0.0693. The van der Waals surface area contributed by atoms with E-state index in [1.165, 1.54) is 181 Å². The van der Waals surface area contributed by atoms with Gasteiger partial charge in [0.2, 0.25) is 0 Å². The van der Waals surface area contributed by atoms with Crippen molar-refractivity contribution in [2.24, 2.45) is 53.3 Å². The number of unbranched alkanes of at least 4 members (excludes halogenated alkanes) is 4. The summed E-state index contributed by atoms with van der Waals surface area (Å²) in [4.78, 5) is 10.6. The Hall–Kier alpha value is -2.39. The molecule has 18 aliphatic rings. The number of quaternary nitrogens is 2. The molecule has 2 N–H and O–H groups in total. The van der Waals surface area contributed by atoms with Gasteiger partial charge in [-0.15, -0.1) is 17.2 Å². The van der Waals surface area contributed by atoms with Crippen LogP contribution in [0.2, 0.25) is 0 Å². The largest absolute Gasteiger partial charge is 4.00 e. The van der Waals surface area contributed by atoms with Crippen molar-refractivity contribution in [3.05, 3.63) is 157 Å². The summed E-state index contributed by atoms with van der Waals surface area (Å²) >= 11 is 0. The zero-order valence-corrected chi connectivity index (χ0v) is 88.0. The molecule has 125 heavy (non-hydrogen) atoms. The first kappa shape index (κ1) is 103. The molecule has 0 unspecified atom stereocenters. The zero-order valence-electron chi connectivity index (χ0n) is 80.8. The SMILES string of the molecule is C1=C[N-]/C(=C2/C=CC=C[N-]2)C=C1.C1COCC[NH+]2CCOCCOCC[NH+](CCO1)CCOCCOCC2.CC(C)(C)c1cc(CN2CCN(Cc3cc(C(C)(C)C)cc(C45CC6CC(CC(C6)C4)C5)c3[O-])CCN(Cc3cc(C(C)(C)C)cc(C45CC6CC(CC(C6)C4)C5)c3[O-])CC2)c([O-])c(C23CC4CC(CC(C4)C2)C3)c1.CCCCC.CCCCC.[K+].[U+4]. The third-order valence-electron chi connectivity index (χ3n) is 31.0. The summed E-state index contributed by atoms with van der Waals surface area (Å²) < 4.78 is 34.4. The topological polar surface area (TPSA) is 171 Å². The molecule has 0 atom stereocenters. The molecule has 16 nitrogen and oxygen atoms in total. The Bertz CT molecular complexity index is 3460. The van der Waals surface area contributed by atoms with Crippen LogP contribution < -0.4 is 76.5 Å². The molecule has 0 radical (unpaired) electrons. The Kier molecular flexibility index (Phi) is 40.2. The Morgan fingerprint density at radius 1 is 0.336 bits per heavy atom. The number of ether oxygens (including phenoxy) is 6. The maximum atomic E-state index is 15.4. The van der Waals surface area contributed by atoms with Crippen LogP contribution in [0.3, 0.4) is 0 Å². The Balaban J connectivity index is 0.000000247. The van der Waals surface area contributed by atoms with Gasteiger partial charge in [-0.2, -0.15) is 23.8 Å². The van der Waals surface area contributed by atoms with Crippen LogP contribution in [0.5, 0.6) is 17.2 Å². The molecule has 6 heterocycles. The third kappa shape index (κ3) is 28.6. The molecule has 16 fully saturated rings. The first-order chi connectivity index (χ1) is 59.2. The average Bonchev–Trinajstić information content (AvgIpc) is 0.759. The van der Waals surface area contributed by atoms with Gasteiger partial charge in [0.1, 0.15) is 39.3 Å². The van der Waals surface area contributed by atoms with Crippen LogP contribution in [0.4, 0.5) is 0 Å². The summed E-state index contributed by atoms with van der Waals surface area (Å²) in [6, 6.07) is 14.1. The standard InChI is InChI=1S/C69H99N3O3.C18H36N2O6.C10H8N2.2C5H12.K.U/c1-64(2,3)55-25-52(61(73)58(28-55)67-31-43-16-44(32-67)18-45(17-43)33-67)40-70-10-12-71(41-53-26-56(65(4,5)6)29-59(62(53)74)68-34-46-19-47(35-68)21-48(20-46)36-68)14-15-72(13-11-70)42-54-27-57(66(7,8)9)30-60(63(54)75)69-37-49-22-50(38-69)24-51(23-49)39-69;1-7-21-13-14-24-10-4-20-5-11-25-17-15-22-8-2-19(1)3-9-23-16-18-26-12-6-20;1-3-7-11-9(5-1)10-6-2-4-8-12-10;2*1-3-5-4-2;;/h25-30,43-51,73-75H,10-24,31-42H2,1-9H3;1-18H2;1-8H;2*3-5H2,1-2H3;;/q;;-2;;;+1;+4/p-1/b;;10-9-;;;;. The second-order valence-corrected chi connectivity index (χ2v) is 44.0. The van der Waals surface area contributed by atoms with E-state index in [1.54, 1.807) is 12.4 Å². The van der Waals surface area contributed by atoms with E-state index in [0.29, 0.717) is 76.5 Å². The number of fused-ring (bicyclic) bond motifs is 21. The molecular weight excluding hydrogens is 1800 g/mol. The summed E-state index contributed by atoms with van der Waals surface area (Å²) in [6.45, 7) is 50.8. The Morgan fingerprint density at radius 3 is 0.728 bits per heavy atom. The van der Waals surface area contributed by atoms with Gasteiger partial charge in [0.15, 0.2) is 0 Å². The van der Waals surface area contributed by atoms with Crippen molar-refractivity contribution >= 4 is 0 Å². The number of nitrogens with zero attached hydrogens (tertiary/aromatic N) is 5. The molecule has 4 saturated heterocycles. The minimum absolute atomic E-state index is 0. The summed E-state index contributed by atoms with van der Waals surface area (Å²) in [6.07, 6.45) is 46.4. The summed E-state index contributed by atoms with van der Waals surface area (Å²) in [5.74, 6) is 7.93. The number of hydrogen-bond acceptors (Lipinski definition) is 12. The van der Waals surface area contributed by atoms with Crippen molar-refractivity contribution in [2.75, 3.05) is 158 Å². The minimum Gasteiger partial charge on any atom is -0.872 e. The number of hydrogen-bond donors (Lipinski definition) is 2. The molecule has 6 aliphatic heterocycles. The number of allylic oxidation sites excluding steroid dienone is 6. The van der Waals surface area contributed by atoms with Gasteiger partial charge >= 0.3 is 82.5 Å². The molecule has 0 aromatic heterocycles.